The molecule has 80 valence electrons. The molecule has 1 nitrogen and oxygen atoms in total. The van der Waals surface area contributed by atoms with Gasteiger partial charge in [0, 0.05) is 12.0 Å². The number of hydrogen-bond acceptors (Lipinski definition) is 1. The van der Waals surface area contributed by atoms with E-state index in [-0.39, 0.29) is 12.4 Å². The van der Waals surface area contributed by atoms with Crippen molar-refractivity contribution in [2.75, 3.05) is 6.61 Å². The third-order valence-electron chi connectivity index (χ3n) is 1.79. The maximum Gasteiger partial charge on any atom is 0.107 e. The second-order valence-corrected chi connectivity index (χ2v) is 2.95. The van der Waals surface area contributed by atoms with Crippen molar-refractivity contribution < 1.29 is 9.50 Å². The normalized spacial score (nSPS) is 16.5. The summed E-state index contributed by atoms with van der Waals surface area (Å²) in [5, 5.41) is 8.71. The minimum atomic E-state index is -0.0784. The Labute approximate surface area is 85.6 Å². The monoisotopic (exact) mass is 198 g/mol. The molecular formula is C12H19FO. The van der Waals surface area contributed by atoms with Crippen molar-refractivity contribution in [1.29, 1.82) is 0 Å². The van der Waals surface area contributed by atoms with E-state index >= 15 is 0 Å². The van der Waals surface area contributed by atoms with Gasteiger partial charge in [-0.1, -0.05) is 32.1 Å². The van der Waals surface area contributed by atoms with E-state index < -0.39 is 0 Å². The lowest BCUT2D eigenvalue weighted by Gasteiger charge is -2.05. The maximum absolute atomic E-state index is 13.0. The smallest absolute Gasteiger partial charge is 0.107 e. The SMILES string of the molecule is CC.CC(=CC1=C(F)CCC=C1)CO. The lowest BCUT2D eigenvalue weighted by atomic mass is 10.0. The minimum absolute atomic E-state index is 0.00931. The van der Waals surface area contributed by atoms with Crippen LogP contribution < -0.4 is 0 Å². The number of aliphatic hydroxyl groups is 1. The summed E-state index contributed by atoms with van der Waals surface area (Å²) < 4.78 is 13.0. The van der Waals surface area contributed by atoms with Crippen molar-refractivity contribution in [3.8, 4) is 0 Å². The first-order valence-corrected chi connectivity index (χ1v) is 5.07. The van der Waals surface area contributed by atoms with Crippen LogP contribution >= 0.6 is 0 Å². The molecule has 1 rings (SSSR count). The Morgan fingerprint density at radius 1 is 1.57 bits per heavy atom. The van der Waals surface area contributed by atoms with E-state index in [2.05, 4.69) is 0 Å². The van der Waals surface area contributed by atoms with E-state index in [0.29, 0.717) is 12.0 Å². The van der Waals surface area contributed by atoms with Gasteiger partial charge in [0.2, 0.25) is 0 Å². The second-order valence-electron chi connectivity index (χ2n) is 2.95. The molecule has 0 fully saturated rings. The highest BCUT2D eigenvalue weighted by Crippen LogP contribution is 2.21. The minimum Gasteiger partial charge on any atom is -0.392 e. The van der Waals surface area contributed by atoms with Crippen LogP contribution in [0.25, 0.3) is 0 Å². The van der Waals surface area contributed by atoms with Gasteiger partial charge in [0.1, 0.15) is 5.83 Å². The standard InChI is InChI=1S/C10H13FO.C2H6/c1-8(7-12)6-9-4-2-3-5-10(9)11;1-2/h2,4,6,12H,3,5,7H2,1H3;1-2H3. The summed E-state index contributed by atoms with van der Waals surface area (Å²) in [6.45, 7) is 5.77. The van der Waals surface area contributed by atoms with E-state index in [9.17, 15) is 4.39 Å². The Bertz CT molecular complexity index is 249. The molecule has 1 N–H and O–H groups in total. The Hall–Kier alpha value is -0.890. The van der Waals surface area contributed by atoms with Gasteiger partial charge in [-0.2, -0.15) is 0 Å². The third-order valence-corrected chi connectivity index (χ3v) is 1.79. The molecule has 0 heterocycles. The quantitative estimate of drug-likeness (QED) is 0.719. The molecule has 0 aromatic heterocycles. The number of allylic oxidation sites excluding steroid dienone is 5. The Morgan fingerprint density at radius 2 is 2.21 bits per heavy atom. The van der Waals surface area contributed by atoms with Gasteiger partial charge < -0.3 is 5.11 Å². The highest BCUT2D eigenvalue weighted by Gasteiger charge is 2.04. The molecule has 0 spiro atoms. The lowest BCUT2D eigenvalue weighted by Crippen LogP contribution is -1.90. The summed E-state index contributed by atoms with van der Waals surface area (Å²) in [6, 6.07) is 0. The summed E-state index contributed by atoms with van der Waals surface area (Å²) in [5.41, 5.74) is 1.39. The number of rotatable bonds is 2. The van der Waals surface area contributed by atoms with E-state index in [1.807, 2.05) is 19.9 Å². The van der Waals surface area contributed by atoms with Crippen LogP contribution in [0.2, 0.25) is 0 Å². The first-order chi connectivity index (χ1) is 6.74. The lowest BCUT2D eigenvalue weighted by molar-refractivity contribution is 0.331. The molecule has 0 saturated carbocycles. The van der Waals surface area contributed by atoms with Crippen molar-refractivity contribution in [2.45, 2.75) is 33.6 Å². The molecule has 0 bridgehead atoms. The molecule has 0 saturated heterocycles. The summed E-state index contributed by atoms with van der Waals surface area (Å²) in [6.07, 6.45) is 6.66. The summed E-state index contributed by atoms with van der Waals surface area (Å²) in [7, 11) is 0. The second kappa shape index (κ2) is 7.51. The largest absolute Gasteiger partial charge is 0.392 e. The topological polar surface area (TPSA) is 20.2 Å². The molecule has 0 aliphatic heterocycles. The van der Waals surface area contributed by atoms with Crippen molar-refractivity contribution >= 4 is 0 Å². The van der Waals surface area contributed by atoms with Gasteiger partial charge in [0.15, 0.2) is 0 Å². The van der Waals surface area contributed by atoms with Gasteiger partial charge in [0.05, 0.1) is 6.61 Å². The van der Waals surface area contributed by atoms with Crippen molar-refractivity contribution in [2.24, 2.45) is 0 Å². The number of hydrogen-bond donors (Lipinski definition) is 1. The van der Waals surface area contributed by atoms with Crippen LogP contribution in [0.5, 0.6) is 0 Å². The Morgan fingerprint density at radius 3 is 2.71 bits per heavy atom. The molecule has 0 aromatic carbocycles. The fraction of sp³-hybridized carbons (Fsp3) is 0.500. The van der Waals surface area contributed by atoms with Gasteiger partial charge in [-0.3, -0.25) is 0 Å². The third kappa shape index (κ3) is 4.38. The highest BCUT2D eigenvalue weighted by molar-refractivity contribution is 5.37. The molecule has 1 aliphatic rings. The van der Waals surface area contributed by atoms with Crippen molar-refractivity contribution in [3.63, 3.8) is 0 Å². The van der Waals surface area contributed by atoms with Crippen LogP contribution in [-0.4, -0.2) is 11.7 Å². The van der Waals surface area contributed by atoms with Crippen LogP contribution in [0, 0.1) is 0 Å². The zero-order valence-electron chi connectivity index (χ0n) is 9.18. The molecule has 0 unspecified atom stereocenters. The highest BCUT2D eigenvalue weighted by atomic mass is 19.1. The molecular weight excluding hydrogens is 179 g/mol. The van der Waals surface area contributed by atoms with Crippen molar-refractivity contribution in [1.82, 2.24) is 0 Å². The molecule has 1 aliphatic carbocycles. The average molecular weight is 198 g/mol. The van der Waals surface area contributed by atoms with Crippen LogP contribution in [-0.2, 0) is 0 Å². The first kappa shape index (κ1) is 13.1. The zero-order valence-corrected chi connectivity index (χ0v) is 9.18. The first-order valence-electron chi connectivity index (χ1n) is 5.07. The van der Waals surface area contributed by atoms with Crippen LogP contribution in [0.1, 0.15) is 33.6 Å². The predicted octanol–water partition coefficient (Wildman–Crippen LogP) is 3.52. The number of aliphatic hydroxyl groups excluding tert-OH is 1. The van der Waals surface area contributed by atoms with Gasteiger partial charge in [-0.15, -0.1) is 0 Å². The van der Waals surface area contributed by atoms with Crippen molar-refractivity contribution in [3.05, 3.63) is 35.2 Å². The summed E-state index contributed by atoms with van der Waals surface area (Å²) >= 11 is 0. The molecule has 0 aromatic rings. The van der Waals surface area contributed by atoms with Crippen LogP contribution in [0.4, 0.5) is 4.39 Å². The fourth-order valence-corrected chi connectivity index (χ4v) is 1.09. The molecule has 0 radical (unpaired) electrons. The van der Waals surface area contributed by atoms with Crippen LogP contribution in [0.15, 0.2) is 35.2 Å². The van der Waals surface area contributed by atoms with Gasteiger partial charge in [0.25, 0.3) is 0 Å². The zero-order chi connectivity index (χ0) is 11.0. The summed E-state index contributed by atoms with van der Waals surface area (Å²) in [4.78, 5) is 0. The Balaban J connectivity index is 0.000000791. The van der Waals surface area contributed by atoms with E-state index in [0.717, 1.165) is 12.0 Å². The van der Waals surface area contributed by atoms with Gasteiger partial charge in [-0.05, 0) is 18.9 Å². The van der Waals surface area contributed by atoms with E-state index in [1.54, 1.807) is 19.1 Å². The molecule has 2 heteroatoms. The maximum atomic E-state index is 13.0. The van der Waals surface area contributed by atoms with Crippen LogP contribution in [0.3, 0.4) is 0 Å². The molecule has 14 heavy (non-hydrogen) atoms. The van der Waals surface area contributed by atoms with Gasteiger partial charge in [-0.25, -0.2) is 4.39 Å². The average Bonchev–Trinajstić information content (AvgIpc) is 2.24. The number of halogens is 1. The summed E-state index contributed by atoms with van der Waals surface area (Å²) in [5.74, 6) is -0.0784. The Kier molecular flexibility index (Phi) is 7.03. The molecule has 0 atom stereocenters. The van der Waals surface area contributed by atoms with E-state index in [4.69, 9.17) is 5.11 Å². The molecule has 0 amide bonds. The fourth-order valence-electron chi connectivity index (χ4n) is 1.09. The predicted molar refractivity (Wildman–Crippen MR) is 58.7 cm³/mol. The van der Waals surface area contributed by atoms with E-state index in [1.165, 1.54) is 0 Å². The van der Waals surface area contributed by atoms with Gasteiger partial charge >= 0.3 is 0 Å².